The normalized spacial score (nSPS) is 14.0. The van der Waals surface area contributed by atoms with Gasteiger partial charge in [-0.2, -0.15) is 0 Å². The molecule has 0 fully saturated rings. The molecular weight excluding hydrogens is 295 g/mol. The molecule has 0 amide bonds. The maximum absolute atomic E-state index is 2.40. The monoisotopic (exact) mass is 326 g/mol. The van der Waals surface area contributed by atoms with Gasteiger partial charge in [0.05, 0.1) is 0 Å². The summed E-state index contributed by atoms with van der Waals surface area (Å²) in [5, 5.41) is 0. The molecule has 0 aliphatic heterocycles. The van der Waals surface area contributed by atoms with Gasteiger partial charge in [-0.05, 0) is 57.6 Å². The molecule has 0 heterocycles. The summed E-state index contributed by atoms with van der Waals surface area (Å²) < 4.78 is 0. The van der Waals surface area contributed by atoms with Crippen LogP contribution in [-0.2, 0) is 17.3 Å². The van der Waals surface area contributed by atoms with E-state index < -0.39 is 0 Å². The van der Waals surface area contributed by atoms with Gasteiger partial charge in [0.25, 0.3) is 0 Å². The fraction of sp³-hybridized carbons (Fsp3) is 0.417. The van der Waals surface area contributed by atoms with E-state index in [4.69, 9.17) is 0 Å². The van der Waals surface area contributed by atoms with E-state index in [1.165, 1.54) is 39.0 Å². The fourth-order valence-corrected chi connectivity index (χ4v) is 3.44. The number of hydrogen-bond acceptors (Lipinski definition) is 0. The first-order chi connectivity index (χ1) is 11.1. The first-order valence-electron chi connectivity index (χ1n) is 9.01. The van der Waals surface area contributed by atoms with Crippen LogP contribution in [0.4, 0.5) is 0 Å². The molecule has 2 aromatic rings. The van der Waals surface area contributed by atoms with Gasteiger partial charge >= 0.3 is 18.9 Å². The third-order valence-corrected chi connectivity index (χ3v) is 5.03. The van der Waals surface area contributed by atoms with Crippen LogP contribution in [0.3, 0.4) is 0 Å². The Morgan fingerprint density at radius 3 is 1.88 bits per heavy atom. The van der Waals surface area contributed by atoms with Gasteiger partial charge in [0, 0.05) is 0 Å². The molecule has 0 nitrogen and oxygen atoms in total. The zero-order valence-electron chi connectivity index (χ0n) is 16.2. The summed E-state index contributed by atoms with van der Waals surface area (Å²) >= 11 is 0. The minimum absolute atomic E-state index is 0. The zero-order valence-corrected chi connectivity index (χ0v) is 16.2. The third-order valence-electron chi connectivity index (χ3n) is 5.03. The van der Waals surface area contributed by atoms with Crippen molar-refractivity contribution >= 4 is 24.9 Å². The topological polar surface area (TPSA) is 0 Å². The SMILES string of the molecule is CC1=Cc2c(cccc2-c2cc(C(C)(C)C)cc(C(C)(C)C)c2)C1.[LiH]. The van der Waals surface area contributed by atoms with Crippen LogP contribution in [0.25, 0.3) is 17.2 Å². The Bertz CT molecular complexity index is 779. The fourth-order valence-electron chi connectivity index (χ4n) is 3.44. The Morgan fingerprint density at radius 1 is 0.800 bits per heavy atom. The van der Waals surface area contributed by atoms with E-state index in [0.717, 1.165) is 6.42 Å². The van der Waals surface area contributed by atoms with Crippen LogP contribution < -0.4 is 0 Å². The molecule has 0 radical (unpaired) electrons. The molecule has 0 bridgehead atoms. The molecule has 0 saturated carbocycles. The number of benzene rings is 2. The molecule has 0 saturated heterocycles. The molecule has 1 aliphatic rings. The Hall–Kier alpha value is -1.22. The Kier molecular flexibility index (Phi) is 5.49. The Labute approximate surface area is 165 Å². The second-order valence-electron chi connectivity index (χ2n) is 9.34. The first kappa shape index (κ1) is 20.1. The van der Waals surface area contributed by atoms with Gasteiger partial charge in [0.1, 0.15) is 0 Å². The van der Waals surface area contributed by atoms with Gasteiger partial charge in [-0.25, -0.2) is 0 Å². The molecule has 128 valence electrons. The summed E-state index contributed by atoms with van der Waals surface area (Å²) in [6, 6.07) is 13.9. The van der Waals surface area contributed by atoms with Crippen molar-refractivity contribution in [1.29, 1.82) is 0 Å². The molecule has 1 heteroatoms. The molecule has 0 spiro atoms. The summed E-state index contributed by atoms with van der Waals surface area (Å²) in [6.45, 7) is 16.1. The molecular formula is C24H31Li. The first-order valence-corrected chi connectivity index (χ1v) is 9.01. The van der Waals surface area contributed by atoms with Crippen LogP contribution in [0.5, 0.6) is 0 Å². The van der Waals surface area contributed by atoms with Crippen LogP contribution >= 0.6 is 0 Å². The second-order valence-corrected chi connectivity index (χ2v) is 9.34. The van der Waals surface area contributed by atoms with E-state index >= 15 is 0 Å². The van der Waals surface area contributed by atoms with Gasteiger partial charge in [-0.15, -0.1) is 0 Å². The van der Waals surface area contributed by atoms with Gasteiger partial charge in [-0.3, -0.25) is 0 Å². The Morgan fingerprint density at radius 2 is 1.36 bits per heavy atom. The summed E-state index contributed by atoms with van der Waals surface area (Å²) in [6.07, 6.45) is 3.46. The summed E-state index contributed by atoms with van der Waals surface area (Å²) in [5.74, 6) is 0. The van der Waals surface area contributed by atoms with Crippen LogP contribution in [-0.4, -0.2) is 18.9 Å². The van der Waals surface area contributed by atoms with E-state index in [1.807, 2.05) is 0 Å². The van der Waals surface area contributed by atoms with Gasteiger partial charge < -0.3 is 0 Å². The average molecular weight is 326 g/mol. The van der Waals surface area contributed by atoms with Crippen molar-refractivity contribution in [3.8, 4) is 11.1 Å². The maximum atomic E-state index is 2.40. The molecule has 25 heavy (non-hydrogen) atoms. The van der Waals surface area contributed by atoms with Crippen LogP contribution in [0, 0.1) is 0 Å². The Balaban J connectivity index is 0.00000225. The van der Waals surface area contributed by atoms with Crippen molar-refractivity contribution in [1.82, 2.24) is 0 Å². The van der Waals surface area contributed by atoms with E-state index in [-0.39, 0.29) is 29.7 Å². The van der Waals surface area contributed by atoms with Crippen LogP contribution in [0.15, 0.2) is 42.0 Å². The summed E-state index contributed by atoms with van der Waals surface area (Å²) in [4.78, 5) is 0. The van der Waals surface area contributed by atoms with Crippen molar-refractivity contribution in [2.24, 2.45) is 0 Å². The van der Waals surface area contributed by atoms with E-state index in [0.29, 0.717) is 0 Å². The number of hydrogen-bond donors (Lipinski definition) is 0. The molecule has 0 N–H and O–H groups in total. The van der Waals surface area contributed by atoms with Crippen molar-refractivity contribution in [3.05, 3.63) is 64.2 Å². The number of fused-ring (bicyclic) bond motifs is 1. The molecule has 3 rings (SSSR count). The van der Waals surface area contributed by atoms with Crippen molar-refractivity contribution in [2.75, 3.05) is 0 Å². The van der Waals surface area contributed by atoms with E-state index in [1.54, 1.807) is 0 Å². The van der Waals surface area contributed by atoms with Crippen molar-refractivity contribution in [3.63, 3.8) is 0 Å². The molecule has 1 aliphatic carbocycles. The third kappa shape index (κ3) is 4.13. The predicted molar refractivity (Wildman–Crippen MR) is 114 cm³/mol. The van der Waals surface area contributed by atoms with Gasteiger partial charge in [0.15, 0.2) is 0 Å². The molecule has 0 aromatic heterocycles. The summed E-state index contributed by atoms with van der Waals surface area (Å²) in [5.41, 5.74) is 10.2. The standard InChI is InChI=1S/C24H30.Li.H/c1-16-11-17-9-8-10-21(22(17)12-16)18-13-19(23(2,3)4)15-20(14-18)24(5,6)7;;/h8-10,12-15H,11H2,1-7H3;;. The summed E-state index contributed by atoms with van der Waals surface area (Å²) in [7, 11) is 0. The zero-order chi connectivity index (χ0) is 17.7. The number of allylic oxidation sites excluding steroid dienone is 1. The van der Waals surface area contributed by atoms with E-state index in [9.17, 15) is 0 Å². The van der Waals surface area contributed by atoms with Gasteiger partial charge in [0.2, 0.25) is 0 Å². The van der Waals surface area contributed by atoms with Crippen molar-refractivity contribution < 1.29 is 0 Å². The van der Waals surface area contributed by atoms with Gasteiger partial charge in [-0.1, -0.05) is 89.6 Å². The minimum atomic E-state index is 0. The van der Waals surface area contributed by atoms with Crippen LogP contribution in [0.1, 0.15) is 70.7 Å². The molecule has 0 atom stereocenters. The molecule has 2 aromatic carbocycles. The van der Waals surface area contributed by atoms with Crippen LogP contribution in [0.2, 0.25) is 0 Å². The second kappa shape index (κ2) is 6.83. The quantitative estimate of drug-likeness (QED) is 0.543. The van der Waals surface area contributed by atoms with E-state index in [2.05, 4.69) is 90.9 Å². The average Bonchev–Trinajstić information content (AvgIpc) is 2.84. The predicted octanol–water partition coefficient (Wildman–Crippen LogP) is 6.26. The number of rotatable bonds is 1. The van der Waals surface area contributed by atoms with Crippen molar-refractivity contribution in [2.45, 2.75) is 65.7 Å². The molecule has 0 unspecified atom stereocenters.